The summed E-state index contributed by atoms with van der Waals surface area (Å²) < 4.78 is 0. The second-order valence-corrected chi connectivity index (χ2v) is 3.18. The minimum atomic E-state index is -0.582. The number of allylic oxidation sites excluding steroid dienone is 5. The molecule has 1 rings (SSSR count). The summed E-state index contributed by atoms with van der Waals surface area (Å²) in [5.74, 6) is 0. The Bertz CT molecular complexity index is 353. The standard InChI is InChI=1S/C11H12N2/c1-3-9-7-11(2,8-12)6-4-5-10(9)13/h3-7H,1,13H2,2H3. The molecule has 2 N–H and O–H groups in total. The molecule has 0 aromatic carbocycles. The fourth-order valence-corrected chi connectivity index (χ4v) is 1.15. The van der Waals surface area contributed by atoms with Crippen LogP contribution in [0.1, 0.15) is 6.92 Å². The monoisotopic (exact) mass is 172 g/mol. The summed E-state index contributed by atoms with van der Waals surface area (Å²) in [5.41, 5.74) is 6.60. The molecule has 2 nitrogen and oxygen atoms in total. The molecule has 0 aliphatic heterocycles. The minimum absolute atomic E-state index is 0.582. The summed E-state index contributed by atoms with van der Waals surface area (Å²) in [5, 5.41) is 8.93. The van der Waals surface area contributed by atoms with Crippen LogP contribution in [0.4, 0.5) is 0 Å². The van der Waals surface area contributed by atoms with Gasteiger partial charge in [0.15, 0.2) is 0 Å². The van der Waals surface area contributed by atoms with E-state index in [2.05, 4.69) is 12.6 Å². The first-order chi connectivity index (χ1) is 6.11. The fraction of sp³-hybridized carbons (Fsp3) is 0.182. The molecule has 0 heterocycles. The Labute approximate surface area is 78.4 Å². The Morgan fingerprint density at radius 1 is 1.69 bits per heavy atom. The third-order valence-electron chi connectivity index (χ3n) is 1.97. The molecule has 0 aromatic heterocycles. The van der Waals surface area contributed by atoms with Gasteiger partial charge >= 0.3 is 0 Å². The Hall–Kier alpha value is -1.75. The van der Waals surface area contributed by atoms with Gasteiger partial charge < -0.3 is 5.73 Å². The summed E-state index contributed by atoms with van der Waals surface area (Å²) in [6, 6.07) is 2.21. The van der Waals surface area contributed by atoms with Crippen molar-refractivity contribution >= 4 is 0 Å². The maximum absolute atomic E-state index is 8.93. The lowest BCUT2D eigenvalue weighted by Crippen LogP contribution is -2.07. The lowest BCUT2D eigenvalue weighted by molar-refractivity contribution is 0.733. The van der Waals surface area contributed by atoms with Gasteiger partial charge in [-0.1, -0.05) is 30.9 Å². The molecule has 1 atom stereocenters. The second kappa shape index (κ2) is 3.32. The van der Waals surface area contributed by atoms with E-state index in [1.807, 2.05) is 19.1 Å². The molecular weight excluding hydrogens is 160 g/mol. The first-order valence-corrected chi connectivity index (χ1v) is 4.03. The van der Waals surface area contributed by atoms with Crippen molar-refractivity contribution in [3.05, 3.63) is 48.2 Å². The van der Waals surface area contributed by atoms with Crippen molar-refractivity contribution in [3.63, 3.8) is 0 Å². The average molecular weight is 172 g/mol. The van der Waals surface area contributed by atoms with Crippen molar-refractivity contribution in [2.24, 2.45) is 11.1 Å². The average Bonchev–Trinajstić information content (AvgIpc) is 2.27. The first-order valence-electron chi connectivity index (χ1n) is 4.03. The van der Waals surface area contributed by atoms with E-state index >= 15 is 0 Å². The zero-order chi connectivity index (χ0) is 9.90. The lowest BCUT2D eigenvalue weighted by Gasteiger charge is -2.11. The molecular formula is C11H12N2. The molecule has 66 valence electrons. The van der Waals surface area contributed by atoms with Crippen LogP contribution in [0.25, 0.3) is 0 Å². The number of hydrogen-bond donors (Lipinski definition) is 1. The van der Waals surface area contributed by atoms with Crippen LogP contribution in [-0.4, -0.2) is 0 Å². The molecule has 0 fully saturated rings. The summed E-state index contributed by atoms with van der Waals surface area (Å²) in [7, 11) is 0. The zero-order valence-corrected chi connectivity index (χ0v) is 7.62. The predicted octanol–water partition coefficient (Wildman–Crippen LogP) is 2.04. The number of nitriles is 1. The van der Waals surface area contributed by atoms with Gasteiger partial charge in [-0.2, -0.15) is 5.26 Å². The van der Waals surface area contributed by atoms with Gasteiger partial charge in [-0.3, -0.25) is 0 Å². The van der Waals surface area contributed by atoms with Crippen LogP contribution in [-0.2, 0) is 0 Å². The molecule has 2 heteroatoms. The van der Waals surface area contributed by atoms with E-state index in [0.717, 1.165) is 5.57 Å². The van der Waals surface area contributed by atoms with Gasteiger partial charge in [-0.25, -0.2) is 0 Å². The molecule has 0 bridgehead atoms. The molecule has 0 saturated carbocycles. The molecule has 1 unspecified atom stereocenters. The van der Waals surface area contributed by atoms with Gasteiger partial charge in [-0.05, 0) is 18.6 Å². The van der Waals surface area contributed by atoms with E-state index in [1.165, 1.54) is 0 Å². The maximum atomic E-state index is 8.93. The van der Waals surface area contributed by atoms with Crippen molar-refractivity contribution in [3.8, 4) is 6.07 Å². The Kier molecular flexibility index (Phi) is 2.39. The molecule has 0 aromatic rings. The molecule has 0 spiro atoms. The van der Waals surface area contributed by atoms with Crippen molar-refractivity contribution in [1.29, 1.82) is 5.26 Å². The minimum Gasteiger partial charge on any atom is -0.398 e. The van der Waals surface area contributed by atoms with E-state index in [-0.39, 0.29) is 0 Å². The first kappa shape index (κ1) is 9.34. The van der Waals surface area contributed by atoms with Crippen LogP contribution in [0.15, 0.2) is 48.2 Å². The van der Waals surface area contributed by atoms with E-state index in [1.54, 1.807) is 18.2 Å². The molecule has 13 heavy (non-hydrogen) atoms. The van der Waals surface area contributed by atoms with Crippen LogP contribution >= 0.6 is 0 Å². The molecule has 0 saturated heterocycles. The van der Waals surface area contributed by atoms with Crippen LogP contribution in [0.2, 0.25) is 0 Å². The van der Waals surface area contributed by atoms with Crippen LogP contribution in [0.5, 0.6) is 0 Å². The number of nitrogens with two attached hydrogens (primary N) is 1. The smallest absolute Gasteiger partial charge is 0.0918 e. The second-order valence-electron chi connectivity index (χ2n) is 3.18. The van der Waals surface area contributed by atoms with Gasteiger partial charge in [0, 0.05) is 5.70 Å². The van der Waals surface area contributed by atoms with Gasteiger partial charge in [0.25, 0.3) is 0 Å². The SMILES string of the molecule is C=CC1=CC(C)(C#N)C=CC=C1N. The number of hydrogen-bond acceptors (Lipinski definition) is 2. The van der Waals surface area contributed by atoms with Crippen LogP contribution < -0.4 is 5.73 Å². The molecule has 0 amide bonds. The van der Waals surface area contributed by atoms with E-state index in [4.69, 9.17) is 11.0 Å². The van der Waals surface area contributed by atoms with Gasteiger partial charge in [-0.15, -0.1) is 0 Å². The Balaban J connectivity index is 3.21. The Morgan fingerprint density at radius 2 is 2.38 bits per heavy atom. The van der Waals surface area contributed by atoms with Gasteiger partial charge in [0.2, 0.25) is 0 Å². The highest BCUT2D eigenvalue weighted by molar-refractivity contribution is 5.45. The lowest BCUT2D eigenvalue weighted by atomic mass is 9.90. The molecule has 1 aliphatic carbocycles. The highest BCUT2D eigenvalue weighted by Gasteiger charge is 2.19. The predicted molar refractivity (Wildman–Crippen MR) is 53.4 cm³/mol. The number of rotatable bonds is 1. The largest absolute Gasteiger partial charge is 0.398 e. The van der Waals surface area contributed by atoms with Crippen LogP contribution in [0, 0.1) is 16.7 Å². The quantitative estimate of drug-likeness (QED) is 0.658. The maximum Gasteiger partial charge on any atom is 0.0918 e. The van der Waals surface area contributed by atoms with E-state index < -0.39 is 5.41 Å². The molecule has 0 radical (unpaired) electrons. The summed E-state index contributed by atoms with van der Waals surface area (Å²) in [6.45, 7) is 5.48. The van der Waals surface area contributed by atoms with E-state index in [9.17, 15) is 0 Å². The summed E-state index contributed by atoms with van der Waals surface area (Å²) in [6.07, 6.45) is 8.86. The third-order valence-corrected chi connectivity index (χ3v) is 1.97. The molecule has 1 aliphatic rings. The van der Waals surface area contributed by atoms with Crippen molar-refractivity contribution in [2.75, 3.05) is 0 Å². The topological polar surface area (TPSA) is 49.8 Å². The normalized spacial score (nSPS) is 26.8. The fourth-order valence-electron chi connectivity index (χ4n) is 1.15. The summed E-state index contributed by atoms with van der Waals surface area (Å²) in [4.78, 5) is 0. The van der Waals surface area contributed by atoms with Crippen LogP contribution in [0.3, 0.4) is 0 Å². The highest BCUT2D eigenvalue weighted by atomic mass is 14.6. The van der Waals surface area contributed by atoms with E-state index in [0.29, 0.717) is 5.70 Å². The van der Waals surface area contributed by atoms with Gasteiger partial charge in [0.1, 0.15) is 0 Å². The van der Waals surface area contributed by atoms with Crippen molar-refractivity contribution in [1.82, 2.24) is 0 Å². The highest BCUT2D eigenvalue weighted by Crippen LogP contribution is 2.25. The van der Waals surface area contributed by atoms with Gasteiger partial charge in [0.05, 0.1) is 11.5 Å². The number of nitrogens with zero attached hydrogens (tertiary/aromatic N) is 1. The third kappa shape index (κ3) is 1.88. The van der Waals surface area contributed by atoms with Crippen molar-refractivity contribution < 1.29 is 0 Å². The zero-order valence-electron chi connectivity index (χ0n) is 7.62. The Morgan fingerprint density at radius 3 is 2.92 bits per heavy atom. The van der Waals surface area contributed by atoms with Crippen molar-refractivity contribution in [2.45, 2.75) is 6.92 Å². The summed E-state index contributed by atoms with van der Waals surface area (Å²) >= 11 is 0.